The van der Waals surface area contributed by atoms with Crippen molar-refractivity contribution in [2.45, 2.75) is 162 Å². The summed E-state index contributed by atoms with van der Waals surface area (Å²) in [6, 6.07) is 1.11. The van der Waals surface area contributed by atoms with Gasteiger partial charge in [-0.3, -0.25) is 0 Å². The minimum atomic E-state index is -0.382. The molecule has 0 radical (unpaired) electrons. The van der Waals surface area contributed by atoms with Crippen LogP contribution in [0.5, 0.6) is 0 Å². The van der Waals surface area contributed by atoms with E-state index in [9.17, 15) is 9.59 Å². The predicted octanol–water partition coefficient (Wildman–Crippen LogP) is 7.52. The van der Waals surface area contributed by atoms with Crippen LogP contribution in [0.1, 0.15) is 120 Å². The van der Waals surface area contributed by atoms with E-state index in [1.807, 2.05) is 0 Å². The van der Waals surface area contributed by atoms with Gasteiger partial charge in [0.1, 0.15) is 0 Å². The number of methoxy groups -OCH3 is 4. The van der Waals surface area contributed by atoms with E-state index in [4.69, 9.17) is 66.3 Å². The van der Waals surface area contributed by atoms with E-state index < -0.39 is 0 Å². The van der Waals surface area contributed by atoms with Crippen LogP contribution in [0.3, 0.4) is 0 Å². The Hall–Kier alpha value is -4.18. The van der Waals surface area contributed by atoms with Crippen LogP contribution in [0.25, 0.3) is 0 Å². The zero-order chi connectivity index (χ0) is 66.7. The van der Waals surface area contributed by atoms with Crippen molar-refractivity contribution in [2.75, 3.05) is 200 Å². The average Bonchev–Trinajstić information content (AvgIpc) is 1.63. The third kappa shape index (κ3) is 24.7. The fourth-order valence-electron chi connectivity index (χ4n) is 13.7. The van der Waals surface area contributed by atoms with Gasteiger partial charge in [0.05, 0.1) is 157 Å². The van der Waals surface area contributed by atoms with Crippen LogP contribution in [-0.2, 0) is 66.3 Å². The summed E-state index contributed by atoms with van der Waals surface area (Å²) in [5, 5.41) is 20.8. The molecule has 0 saturated carbocycles. The number of nitrogens with zero attached hydrogens (tertiary/aromatic N) is 2. The molecule has 0 fully saturated rings. The Balaban J connectivity index is 1.16. The van der Waals surface area contributed by atoms with E-state index in [0.717, 1.165) is 51.4 Å². The van der Waals surface area contributed by atoms with Gasteiger partial charge >= 0.3 is 12.2 Å². The van der Waals surface area contributed by atoms with E-state index in [2.05, 4.69) is 82.0 Å². The molecule has 23 heteroatoms. The summed E-state index contributed by atoms with van der Waals surface area (Å²) in [5.41, 5.74) is 16.2. The van der Waals surface area contributed by atoms with Gasteiger partial charge in [-0.15, -0.1) is 0 Å². The Morgan fingerprint density at radius 2 is 0.753 bits per heavy atom. The quantitative estimate of drug-likeness (QED) is 0.0293. The molecule has 6 aliphatic heterocycles. The van der Waals surface area contributed by atoms with Gasteiger partial charge in [0, 0.05) is 115 Å². The zero-order valence-corrected chi connectivity index (χ0v) is 59.0. The number of fused-ring (bicyclic) bond motifs is 10. The highest BCUT2D eigenvalue weighted by atomic mass is 16.6. The monoisotopic (exact) mass is 1320 g/mol. The second kappa shape index (κ2) is 43.9. The molecular weight excluding hydrogens is 1190 g/mol. The van der Waals surface area contributed by atoms with E-state index in [-0.39, 0.29) is 67.7 Å². The first kappa shape index (κ1) is 77.8. The molecule has 0 saturated heterocycles. The van der Waals surface area contributed by atoms with Gasteiger partial charge in [-0.2, -0.15) is 0 Å². The maximum Gasteiger partial charge on any atom is 0.409 e. The molecule has 6 aliphatic rings. The molecule has 6 heterocycles. The predicted molar refractivity (Wildman–Crippen MR) is 359 cm³/mol. The van der Waals surface area contributed by atoms with Gasteiger partial charge in [0.25, 0.3) is 0 Å². The SMILES string of the molecule is CCC1=C2CC3NC(CC4NC(=C5NC(CC6NC(CC(N2)C1CC)C(CCCOC(=O)N(CCOCCOCCOC)CCOCCOCCOC)=C6C)C(C)=C5C)C(C)=C4C)C(C)=C3CCCOC(=O)N(CCOCCOCCOC)CCOCCOCCOC. The first-order valence-corrected chi connectivity index (χ1v) is 34.7. The third-order valence-corrected chi connectivity index (χ3v) is 19.3. The van der Waals surface area contributed by atoms with Crippen LogP contribution in [0, 0.1) is 5.92 Å². The first-order chi connectivity index (χ1) is 45.3. The summed E-state index contributed by atoms with van der Waals surface area (Å²) in [7, 11) is 6.58. The molecule has 0 spiro atoms. The molecule has 2 amide bonds. The molecule has 23 nitrogen and oxygen atoms in total. The minimum absolute atomic E-state index is 0.104. The number of allylic oxidation sites excluding steroid dienone is 2. The lowest BCUT2D eigenvalue weighted by Gasteiger charge is -2.28. The summed E-state index contributed by atoms with van der Waals surface area (Å²) in [4.78, 5) is 31.0. The lowest BCUT2D eigenvalue weighted by molar-refractivity contribution is 0.00799. The molecule has 532 valence electrons. The van der Waals surface area contributed by atoms with Gasteiger partial charge in [-0.25, -0.2) is 9.59 Å². The van der Waals surface area contributed by atoms with Crippen molar-refractivity contribution in [1.29, 1.82) is 0 Å². The van der Waals surface area contributed by atoms with E-state index >= 15 is 0 Å². The number of carbonyl (C=O) groups is 2. The molecular formula is C70H121N7O16. The lowest BCUT2D eigenvalue weighted by Crippen LogP contribution is -2.42. The average molecular weight is 1320 g/mol. The topological polar surface area (TPSA) is 230 Å². The summed E-state index contributed by atoms with van der Waals surface area (Å²) in [6.45, 7) is 29.3. The van der Waals surface area contributed by atoms with Gasteiger partial charge < -0.3 is 103 Å². The largest absolute Gasteiger partial charge is 0.449 e. The van der Waals surface area contributed by atoms with E-state index in [1.54, 1.807) is 38.2 Å². The van der Waals surface area contributed by atoms with Crippen molar-refractivity contribution in [1.82, 2.24) is 36.4 Å². The molecule has 5 N–H and O–H groups in total. The van der Waals surface area contributed by atoms with Gasteiger partial charge in [-0.1, -0.05) is 36.1 Å². The number of hydrogen-bond donors (Lipinski definition) is 5. The van der Waals surface area contributed by atoms with E-state index in [0.29, 0.717) is 177 Å². The summed E-state index contributed by atoms with van der Waals surface area (Å²) in [5.74, 6) is 0.380. The normalized spacial score (nSPS) is 23.1. The summed E-state index contributed by atoms with van der Waals surface area (Å²) >= 11 is 0. The van der Waals surface area contributed by atoms with Crippen LogP contribution in [0.4, 0.5) is 9.59 Å². The van der Waals surface area contributed by atoms with Gasteiger partial charge in [0.15, 0.2) is 0 Å². The molecule has 0 aliphatic carbocycles. The van der Waals surface area contributed by atoms with Crippen molar-refractivity contribution in [3.8, 4) is 0 Å². The lowest BCUT2D eigenvalue weighted by atomic mass is 9.84. The highest BCUT2D eigenvalue weighted by Gasteiger charge is 2.42. The Morgan fingerprint density at radius 1 is 0.398 bits per heavy atom. The standard InChI is InChI=1S/C70H121N7O16/c1-13-55-56(14-2)64-48-66-58(18-16-24-93-70(79)77(21-27-86-39-43-90-35-31-82-11)22-28-87-40-44-91-36-32-83-12)54(8)62(72-66)46-60-50(4)52(6)68(75-60)67-51(5)49(3)59(74-67)45-61-53(7)57(65(71-61)47-63(55)73-64)17-15-23-92-69(78)76(19-25-84-37-41-88-33-29-80-9)20-26-85-38-42-89-34-30-81-10/h55,59-63,65-66,71-75H,13-48H2,1-12H3. The third-order valence-electron chi connectivity index (χ3n) is 19.3. The van der Waals surface area contributed by atoms with Crippen LogP contribution in [-0.4, -0.2) is 264 Å². The summed E-state index contributed by atoms with van der Waals surface area (Å²) in [6.07, 6.45) is 7.85. The molecule has 0 aromatic rings. The van der Waals surface area contributed by atoms with Crippen LogP contribution in [0.2, 0.25) is 0 Å². The van der Waals surface area contributed by atoms with Crippen molar-refractivity contribution < 1.29 is 75.9 Å². The fraction of sp³-hybridized carbons (Fsp3) is 0.800. The molecule has 93 heavy (non-hydrogen) atoms. The number of ether oxygens (including phenoxy) is 14. The number of rotatable bonds is 46. The Labute approximate surface area is 557 Å². The van der Waals surface area contributed by atoms with Crippen molar-refractivity contribution in [3.63, 3.8) is 0 Å². The van der Waals surface area contributed by atoms with Gasteiger partial charge in [-0.05, 0) is 127 Å². The Kier molecular flexibility index (Phi) is 36.7. The maximum atomic E-state index is 13.8. The van der Waals surface area contributed by atoms with Crippen LogP contribution < -0.4 is 26.6 Å². The van der Waals surface area contributed by atoms with E-state index in [1.165, 1.54) is 67.2 Å². The number of amides is 2. The molecule has 0 aromatic carbocycles. The maximum absolute atomic E-state index is 13.8. The Morgan fingerprint density at radius 3 is 1.12 bits per heavy atom. The fourth-order valence-corrected chi connectivity index (χ4v) is 13.7. The molecule has 8 unspecified atom stereocenters. The summed E-state index contributed by atoms with van der Waals surface area (Å²) < 4.78 is 78.2. The molecule has 10 bridgehead atoms. The Bertz CT molecular complexity index is 2400. The van der Waals surface area contributed by atoms with Crippen molar-refractivity contribution in [2.24, 2.45) is 5.92 Å². The van der Waals surface area contributed by atoms with Gasteiger partial charge in [0.2, 0.25) is 0 Å². The van der Waals surface area contributed by atoms with Crippen LogP contribution >= 0.6 is 0 Å². The number of hydrogen-bond acceptors (Lipinski definition) is 21. The second-order valence-corrected chi connectivity index (χ2v) is 25.0. The minimum Gasteiger partial charge on any atom is -0.449 e. The van der Waals surface area contributed by atoms with Crippen LogP contribution in [0.15, 0.2) is 67.2 Å². The molecule has 8 atom stereocenters. The zero-order valence-electron chi connectivity index (χ0n) is 59.0. The highest BCUT2D eigenvalue weighted by molar-refractivity contribution is 5.68. The highest BCUT2D eigenvalue weighted by Crippen LogP contribution is 2.42. The second-order valence-electron chi connectivity index (χ2n) is 25.0. The first-order valence-electron chi connectivity index (χ1n) is 34.7. The van der Waals surface area contributed by atoms with Crippen molar-refractivity contribution >= 4 is 12.2 Å². The van der Waals surface area contributed by atoms with Crippen molar-refractivity contribution in [3.05, 3.63) is 67.2 Å². The number of nitrogens with one attached hydrogen (secondary N) is 5. The smallest absolute Gasteiger partial charge is 0.409 e. The number of carbonyl (C=O) groups excluding carboxylic acids is 2. The molecule has 0 aromatic heterocycles. The molecule has 6 rings (SSSR count).